The molecule has 1 unspecified atom stereocenters. The molecule has 2 rings (SSSR count). The predicted molar refractivity (Wildman–Crippen MR) is 101 cm³/mol. The van der Waals surface area contributed by atoms with E-state index in [1.807, 2.05) is 38.1 Å². The Bertz CT molecular complexity index is 649. The Kier molecular flexibility index (Phi) is 8.35. The Balaban J connectivity index is 0.00000288. The minimum absolute atomic E-state index is 0. The topological polar surface area (TPSA) is 44.8 Å². The summed E-state index contributed by atoms with van der Waals surface area (Å²) in [7, 11) is 3.09. The predicted octanol–water partition coefficient (Wildman–Crippen LogP) is 2.99. The molecule has 0 aliphatic carbocycles. The summed E-state index contributed by atoms with van der Waals surface area (Å²) in [5.41, 5.74) is 0.468. The molecule has 2 aromatic carbocycles. The van der Waals surface area contributed by atoms with Crippen LogP contribution in [-0.2, 0) is 0 Å². The molecule has 0 amide bonds. The number of ether oxygens (including phenoxy) is 3. The van der Waals surface area contributed by atoms with Crippen molar-refractivity contribution in [3.63, 3.8) is 0 Å². The molecule has 0 aromatic heterocycles. The van der Waals surface area contributed by atoms with Crippen LogP contribution in [0.2, 0.25) is 0 Å². The second-order valence-corrected chi connectivity index (χ2v) is 6.46. The van der Waals surface area contributed by atoms with Gasteiger partial charge in [0.1, 0.15) is 22.8 Å². The molecule has 0 radical (unpaired) electrons. The first-order valence-corrected chi connectivity index (χ1v) is 8.34. The molecular weight excluding hydrogens is 318 g/mol. The quantitative estimate of drug-likeness (QED) is 0.574. The van der Waals surface area contributed by atoms with Crippen LogP contribution < -0.4 is 19.5 Å². The van der Waals surface area contributed by atoms with Gasteiger partial charge in [-0.3, -0.25) is 4.79 Å². The SMILES string of the molecule is COc1cccc(OC)c1C(=O)Pc1ccc(OC(C)C)cc1.[LiH]. The summed E-state index contributed by atoms with van der Waals surface area (Å²) in [6.45, 7) is 3.96. The molecule has 0 N–H and O–H groups in total. The van der Waals surface area contributed by atoms with Crippen molar-refractivity contribution < 1.29 is 19.0 Å². The molecule has 6 heteroatoms. The summed E-state index contributed by atoms with van der Waals surface area (Å²) in [6.07, 6.45) is 0.128. The van der Waals surface area contributed by atoms with Crippen LogP contribution in [-0.4, -0.2) is 44.7 Å². The Labute approximate surface area is 156 Å². The summed E-state index contributed by atoms with van der Waals surface area (Å²) >= 11 is 0. The molecule has 0 fully saturated rings. The van der Waals surface area contributed by atoms with Crippen LogP contribution in [0.4, 0.5) is 0 Å². The second kappa shape index (κ2) is 9.74. The number of carbonyl (C=O) groups excluding carboxylic acids is 1. The number of benzene rings is 2. The molecule has 2 aromatic rings. The van der Waals surface area contributed by atoms with Crippen molar-refractivity contribution >= 4 is 38.3 Å². The van der Waals surface area contributed by atoms with Crippen LogP contribution in [0.3, 0.4) is 0 Å². The van der Waals surface area contributed by atoms with E-state index in [4.69, 9.17) is 14.2 Å². The van der Waals surface area contributed by atoms with Gasteiger partial charge in [-0.15, -0.1) is 0 Å². The van der Waals surface area contributed by atoms with Gasteiger partial charge in [0.2, 0.25) is 0 Å². The minimum atomic E-state index is -0.0168. The zero-order valence-electron chi connectivity index (χ0n) is 13.8. The average Bonchev–Trinajstić information content (AvgIpc) is 2.55. The van der Waals surface area contributed by atoms with Crippen LogP contribution in [0.1, 0.15) is 24.2 Å². The number of hydrogen-bond acceptors (Lipinski definition) is 4. The number of hydrogen-bond donors (Lipinski definition) is 0. The second-order valence-electron chi connectivity index (χ2n) is 5.18. The van der Waals surface area contributed by atoms with Crippen molar-refractivity contribution in [3.05, 3.63) is 48.0 Å². The molecular formula is C18H22LiO4P. The van der Waals surface area contributed by atoms with E-state index < -0.39 is 0 Å². The number of carbonyl (C=O) groups is 1. The third-order valence-corrected chi connectivity index (χ3v) is 4.24. The molecule has 0 heterocycles. The van der Waals surface area contributed by atoms with Crippen molar-refractivity contribution in [3.8, 4) is 17.2 Å². The van der Waals surface area contributed by atoms with E-state index in [1.54, 1.807) is 32.4 Å². The van der Waals surface area contributed by atoms with E-state index in [-0.39, 0.29) is 39.1 Å². The van der Waals surface area contributed by atoms with Crippen LogP contribution in [0.5, 0.6) is 17.2 Å². The summed E-state index contributed by atoms with van der Waals surface area (Å²) < 4.78 is 16.2. The van der Waals surface area contributed by atoms with E-state index in [1.165, 1.54) is 0 Å². The molecule has 0 bridgehead atoms. The van der Waals surface area contributed by atoms with Gasteiger partial charge in [0.15, 0.2) is 5.52 Å². The fourth-order valence-corrected chi connectivity index (χ4v) is 3.12. The zero-order chi connectivity index (χ0) is 16.8. The first-order chi connectivity index (χ1) is 11.0. The molecule has 0 aliphatic heterocycles. The van der Waals surface area contributed by atoms with Crippen LogP contribution >= 0.6 is 8.58 Å². The first-order valence-electron chi connectivity index (χ1n) is 7.34. The maximum absolute atomic E-state index is 12.7. The molecule has 0 saturated heterocycles. The van der Waals surface area contributed by atoms with Crippen LogP contribution in [0.25, 0.3) is 0 Å². The van der Waals surface area contributed by atoms with E-state index in [0.717, 1.165) is 11.1 Å². The summed E-state index contributed by atoms with van der Waals surface area (Å²) in [5, 5.41) is 0.944. The molecule has 0 aliphatic rings. The Hall–Kier alpha value is -1.46. The van der Waals surface area contributed by atoms with E-state index in [0.29, 0.717) is 17.1 Å². The molecule has 1 atom stereocenters. The standard InChI is InChI=1S/C18H21O4P.Li.H/c1-12(2)22-13-8-10-14(11-9-13)23-18(19)17-15(20-3)6-5-7-16(17)21-4;;/h5-12,23H,1-4H3;;. The molecule has 24 heavy (non-hydrogen) atoms. The normalized spacial score (nSPS) is 10.5. The van der Waals surface area contributed by atoms with Crippen molar-refractivity contribution in [2.45, 2.75) is 20.0 Å². The Morgan fingerprint density at radius 1 is 0.958 bits per heavy atom. The number of methoxy groups -OCH3 is 2. The third-order valence-electron chi connectivity index (χ3n) is 3.14. The van der Waals surface area contributed by atoms with Crippen LogP contribution in [0, 0.1) is 0 Å². The van der Waals surface area contributed by atoms with Crippen LogP contribution in [0.15, 0.2) is 42.5 Å². The van der Waals surface area contributed by atoms with Crippen molar-refractivity contribution in [2.75, 3.05) is 14.2 Å². The number of rotatable bonds is 7. The van der Waals surface area contributed by atoms with Gasteiger partial charge in [0.05, 0.1) is 20.3 Å². The monoisotopic (exact) mass is 340 g/mol. The molecule has 124 valence electrons. The van der Waals surface area contributed by atoms with E-state index in [9.17, 15) is 4.79 Å². The third kappa shape index (κ3) is 5.28. The van der Waals surface area contributed by atoms with Gasteiger partial charge < -0.3 is 14.2 Å². The van der Waals surface area contributed by atoms with E-state index in [2.05, 4.69) is 0 Å². The first kappa shape index (κ1) is 20.6. The molecule has 4 nitrogen and oxygen atoms in total. The van der Waals surface area contributed by atoms with Gasteiger partial charge in [0, 0.05) is 0 Å². The van der Waals surface area contributed by atoms with Gasteiger partial charge in [-0.1, -0.05) is 18.2 Å². The fraction of sp³-hybridized carbons (Fsp3) is 0.278. The van der Waals surface area contributed by atoms with Gasteiger partial charge in [0.25, 0.3) is 0 Å². The Morgan fingerprint density at radius 2 is 1.50 bits per heavy atom. The van der Waals surface area contributed by atoms with Crippen molar-refractivity contribution in [1.82, 2.24) is 0 Å². The van der Waals surface area contributed by atoms with Gasteiger partial charge >= 0.3 is 18.9 Å². The average molecular weight is 340 g/mol. The Morgan fingerprint density at radius 3 is 1.96 bits per heavy atom. The van der Waals surface area contributed by atoms with Gasteiger partial charge in [-0.25, -0.2) is 0 Å². The van der Waals surface area contributed by atoms with Crippen molar-refractivity contribution in [1.29, 1.82) is 0 Å². The zero-order valence-corrected chi connectivity index (χ0v) is 14.8. The fourth-order valence-electron chi connectivity index (χ4n) is 2.16. The summed E-state index contributed by atoms with van der Waals surface area (Å²) in [4.78, 5) is 12.7. The summed E-state index contributed by atoms with van der Waals surface area (Å²) in [5.74, 6) is 1.86. The maximum atomic E-state index is 12.7. The molecule has 0 saturated carbocycles. The van der Waals surface area contributed by atoms with Crippen molar-refractivity contribution in [2.24, 2.45) is 0 Å². The summed E-state index contributed by atoms with van der Waals surface area (Å²) in [6, 6.07) is 12.9. The van der Waals surface area contributed by atoms with Gasteiger partial charge in [-0.05, 0) is 52.0 Å². The van der Waals surface area contributed by atoms with E-state index >= 15 is 0 Å². The molecule has 0 spiro atoms. The van der Waals surface area contributed by atoms with Gasteiger partial charge in [-0.2, -0.15) is 0 Å².